The van der Waals surface area contributed by atoms with Gasteiger partial charge in [0.05, 0.1) is 11.2 Å². The molecular formula is C32H29N3O3. The van der Waals surface area contributed by atoms with Crippen LogP contribution in [0.15, 0.2) is 115 Å². The molecule has 0 fully saturated rings. The van der Waals surface area contributed by atoms with Crippen molar-refractivity contribution in [2.45, 2.75) is 11.6 Å². The molecule has 6 nitrogen and oxygen atoms in total. The second-order valence-corrected chi connectivity index (χ2v) is 9.22. The second-order valence-electron chi connectivity index (χ2n) is 9.22. The van der Waals surface area contributed by atoms with Crippen LogP contribution in [0.2, 0.25) is 0 Å². The fraction of sp³-hybridized carbons (Fsp3) is 0.125. The monoisotopic (exact) mass is 503 g/mol. The van der Waals surface area contributed by atoms with Gasteiger partial charge in [-0.1, -0.05) is 97.1 Å². The first-order valence-electron chi connectivity index (χ1n) is 12.5. The molecule has 4 aromatic carbocycles. The fourth-order valence-corrected chi connectivity index (χ4v) is 4.98. The topological polar surface area (TPSA) is 84.7 Å². The number of hydrogen-bond acceptors (Lipinski definition) is 4. The Balaban J connectivity index is 1.59. The average molecular weight is 504 g/mol. The van der Waals surface area contributed by atoms with Crippen LogP contribution in [0.25, 0.3) is 6.08 Å². The number of carbonyl (C=O) groups is 2. The molecule has 38 heavy (non-hydrogen) atoms. The summed E-state index contributed by atoms with van der Waals surface area (Å²) in [5, 5.41) is 3.74. The van der Waals surface area contributed by atoms with E-state index in [1.807, 2.05) is 66.7 Å². The molecule has 4 aromatic rings. The number of nitrogens with one attached hydrogen (secondary N) is 1. The van der Waals surface area contributed by atoms with E-state index in [1.54, 1.807) is 24.1 Å². The van der Waals surface area contributed by atoms with Gasteiger partial charge in [0.2, 0.25) is 11.8 Å². The number of amides is 2. The van der Waals surface area contributed by atoms with Crippen molar-refractivity contribution >= 4 is 23.6 Å². The fourth-order valence-electron chi connectivity index (χ4n) is 4.98. The molecule has 5 rings (SSSR count). The molecule has 1 heterocycles. The Morgan fingerprint density at radius 1 is 0.895 bits per heavy atom. The maximum atomic E-state index is 13.9. The number of nitrogens with two attached hydrogens (primary N) is 1. The number of likely N-dealkylation sites (N-methyl/N-ethyl adjacent to an activating group) is 1. The van der Waals surface area contributed by atoms with Crippen molar-refractivity contribution in [1.29, 1.82) is 0 Å². The van der Waals surface area contributed by atoms with Crippen molar-refractivity contribution in [3.63, 3.8) is 0 Å². The molecule has 1 atom stereocenters. The Bertz CT molecular complexity index is 1360. The lowest BCUT2D eigenvalue weighted by molar-refractivity contribution is -0.121. The van der Waals surface area contributed by atoms with Crippen molar-refractivity contribution in [2.24, 2.45) is 5.73 Å². The highest BCUT2D eigenvalue weighted by atomic mass is 16.5. The predicted octanol–water partition coefficient (Wildman–Crippen LogP) is 4.49. The van der Waals surface area contributed by atoms with E-state index in [1.165, 1.54) is 6.08 Å². The van der Waals surface area contributed by atoms with Gasteiger partial charge in [0.1, 0.15) is 18.4 Å². The number of primary amides is 1. The van der Waals surface area contributed by atoms with Crippen molar-refractivity contribution < 1.29 is 14.3 Å². The Kier molecular flexibility index (Phi) is 7.07. The Morgan fingerprint density at radius 2 is 1.42 bits per heavy atom. The van der Waals surface area contributed by atoms with Crippen LogP contribution in [-0.4, -0.2) is 31.5 Å². The first-order valence-corrected chi connectivity index (χ1v) is 12.5. The van der Waals surface area contributed by atoms with Crippen molar-refractivity contribution in [3.05, 3.63) is 138 Å². The molecular weight excluding hydrogens is 474 g/mol. The van der Waals surface area contributed by atoms with Crippen LogP contribution in [0.4, 0.5) is 5.69 Å². The van der Waals surface area contributed by atoms with Gasteiger partial charge in [-0.15, -0.1) is 0 Å². The third-order valence-corrected chi connectivity index (χ3v) is 6.83. The number of benzene rings is 4. The molecule has 6 heteroatoms. The summed E-state index contributed by atoms with van der Waals surface area (Å²) in [6.45, 7) is 0.140. The smallest absolute Gasteiger partial charge is 0.247 e. The zero-order chi connectivity index (χ0) is 26.5. The van der Waals surface area contributed by atoms with Crippen molar-refractivity contribution in [1.82, 2.24) is 5.32 Å². The first kappa shape index (κ1) is 25.0. The number of fused-ring (bicyclic) bond motifs is 1. The third kappa shape index (κ3) is 4.82. The number of hydrogen-bond donors (Lipinski definition) is 2. The lowest BCUT2D eigenvalue weighted by Gasteiger charge is -2.39. The molecule has 0 radical (unpaired) electrons. The van der Waals surface area contributed by atoms with Crippen LogP contribution in [0, 0.1) is 0 Å². The quantitative estimate of drug-likeness (QED) is 0.288. The van der Waals surface area contributed by atoms with Crippen LogP contribution in [-0.2, 0) is 15.1 Å². The maximum Gasteiger partial charge on any atom is 0.247 e. The van der Waals surface area contributed by atoms with Gasteiger partial charge >= 0.3 is 0 Å². The number of nitrogens with zero attached hydrogens (tertiary/aromatic N) is 1. The van der Waals surface area contributed by atoms with Crippen LogP contribution < -0.4 is 20.7 Å². The van der Waals surface area contributed by atoms with Gasteiger partial charge in [-0.05, 0) is 40.5 Å². The Hall–Kier alpha value is -4.68. The minimum absolute atomic E-state index is 0.132. The number of anilines is 1. The largest absolute Gasteiger partial charge is 0.489 e. The summed E-state index contributed by atoms with van der Waals surface area (Å²) in [5.74, 6) is -0.0815. The van der Waals surface area contributed by atoms with Crippen LogP contribution in [0.1, 0.15) is 22.3 Å². The Morgan fingerprint density at radius 3 is 1.92 bits per heavy atom. The highest BCUT2D eigenvalue weighted by Gasteiger charge is 2.41. The molecule has 1 aliphatic rings. The predicted molar refractivity (Wildman–Crippen MR) is 150 cm³/mol. The van der Waals surface area contributed by atoms with Crippen LogP contribution >= 0.6 is 0 Å². The van der Waals surface area contributed by atoms with E-state index in [2.05, 4.69) is 41.7 Å². The number of carbonyl (C=O) groups excluding carboxylic acids is 2. The summed E-state index contributed by atoms with van der Waals surface area (Å²) in [4.78, 5) is 26.8. The molecule has 1 aliphatic heterocycles. The van der Waals surface area contributed by atoms with Gasteiger partial charge in [0, 0.05) is 13.1 Å². The third-order valence-electron chi connectivity index (χ3n) is 6.83. The van der Waals surface area contributed by atoms with E-state index >= 15 is 0 Å². The van der Waals surface area contributed by atoms with Gasteiger partial charge in [0.15, 0.2) is 0 Å². The van der Waals surface area contributed by atoms with E-state index in [-0.39, 0.29) is 12.5 Å². The average Bonchev–Trinajstić information content (AvgIpc) is 3.08. The second kappa shape index (κ2) is 10.7. The molecule has 0 aromatic heterocycles. The van der Waals surface area contributed by atoms with E-state index in [0.717, 1.165) is 22.3 Å². The van der Waals surface area contributed by atoms with E-state index < -0.39 is 17.5 Å². The lowest BCUT2D eigenvalue weighted by atomic mass is 9.76. The van der Waals surface area contributed by atoms with Crippen molar-refractivity contribution in [3.8, 4) is 5.75 Å². The summed E-state index contributed by atoms with van der Waals surface area (Å²) in [6, 6.07) is 35.2. The van der Waals surface area contributed by atoms with Gasteiger partial charge in [-0.25, -0.2) is 0 Å². The molecule has 0 bridgehead atoms. The lowest BCUT2D eigenvalue weighted by Crippen LogP contribution is -2.56. The summed E-state index contributed by atoms with van der Waals surface area (Å²) < 4.78 is 6.20. The molecule has 0 spiro atoms. The molecule has 0 aliphatic carbocycles. The van der Waals surface area contributed by atoms with Crippen LogP contribution in [0.5, 0.6) is 5.75 Å². The summed E-state index contributed by atoms with van der Waals surface area (Å²) in [7, 11) is 1.74. The SMILES string of the molecule is CN1C(=O)[C@@H](NC(c2ccccc2)(c2ccccc2)c2ccccc2)COc2ccc(/C=C/C(N)=O)cc21. The highest BCUT2D eigenvalue weighted by molar-refractivity contribution is 5.99. The summed E-state index contributed by atoms with van der Waals surface area (Å²) in [6.07, 6.45) is 2.91. The van der Waals surface area contributed by atoms with Crippen molar-refractivity contribution in [2.75, 3.05) is 18.6 Å². The number of rotatable bonds is 7. The molecule has 3 N–H and O–H groups in total. The zero-order valence-corrected chi connectivity index (χ0v) is 21.1. The van der Waals surface area contributed by atoms with Gasteiger partial charge in [-0.3, -0.25) is 14.9 Å². The highest BCUT2D eigenvalue weighted by Crippen LogP contribution is 2.39. The molecule has 0 unspecified atom stereocenters. The van der Waals surface area contributed by atoms with E-state index in [4.69, 9.17) is 10.5 Å². The molecule has 0 saturated heterocycles. The maximum absolute atomic E-state index is 13.9. The minimum Gasteiger partial charge on any atom is -0.489 e. The van der Waals surface area contributed by atoms with E-state index in [9.17, 15) is 9.59 Å². The normalized spacial score (nSPS) is 15.6. The van der Waals surface area contributed by atoms with E-state index in [0.29, 0.717) is 11.4 Å². The Labute approximate surface area is 222 Å². The summed E-state index contributed by atoms with van der Waals surface area (Å²) >= 11 is 0. The van der Waals surface area contributed by atoms with Gasteiger partial charge < -0.3 is 15.4 Å². The van der Waals surface area contributed by atoms with Gasteiger partial charge in [-0.2, -0.15) is 0 Å². The molecule has 190 valence electrons. The standard InChI is InChI=1S/C32H29N3O3/c1-35-28-21-23(18-20-30(33)36)17-19-29(28)38-22-27(31(35)37)34-32(24-11-5-2-6-12-24,25-13-7-3-8-14-25)26-15-9-4-10-16-26/h2-21,27,34H,22H2,1H3,(H2,33,36)/b20-18+/t27-/m0/s1. The zero-order valence-electron chi connectivity index (χ0n) is 21.1. The summed E-state index contributed by atoms with van der Waals surface area (Å²) in [5.41, 5.74) is 8.82. The molecule has 0 saturated carbocycles. The number of ether oxygens (including phenoxy) is 1. The van der Waals surface area contributed by atoms with Crippen LogP contribution in [0.3, 0.4) is 0 Å². The molecule has 2 amide bonds. The first-order chi connectivity index (χ1) is 18.5. The minimum atomic E-state index is -0.819. The van der Waals surface area contributed by atoms with Gasteiger partial charge in [0.25, 0.3) is 0 Å².